The number of carbonyl (C=O) groups is 2. The molecule has 0 bridgehead atoms. The van der Waals surface area contributed by atoms with Crippen molar-refractivity contribution in [3.05, 3.63) is 89.0 Å². The van der Waals surface area contributed by atoms with Crippen molar-refractivity contribution in [2.75, 3.05) is 18.8 Å². The van der Waals surface area contributed by atoms with E-state index in [-0.39, 0.29) is 18.1 Å². The first-order valence-corrected chi connectivity index (χ1v) is 10.4. The molecule has 2 aliphatic rings. The van der Waals surface area contributed by atoms with Gasteiger partial charge in [-0.1, -0.05) is 42.0 Å². The first-order chi connectivity index (χ1) is 16.0. The summed E-state index contributed by atoms with van der Waals surface area (Å²) in [6, 6.07) is 18.6. The molecule has 3 aromatic rings. The number of aliphatic hydroxyl groups is 1. The van der Waals surface area contributed by atoms with Crippen molar-refractivity contribution < 1.29 is 28.9 Å². The van der Waals surface area contributed by atoms with Crippen LogP contribution in [0, 0.1) is 6.92 Å². The lowest BCUT2D eigenvalue weighted by atomic mass is 9.94. The molecule has 0 spiro atoms. The highest BCUT2D eigenvalue weighted by molar-refractivity contribution is 6.51. The van der Waals surface area contributed by atoms with Crippen LogP contribution in [0.4, 0.5) is 5.69 Å². The van der Waals surface area contributed by atoms with Gasteiger partial charge in [-0.05, 0) is 36.8 Å². The van der Waals surface area contributed by atoms with Crippen molar-refractivity contribution in [1.29, 1.82) is 0 Å². The lowest BCUT2D eigenvalue weighted by Gasteiger charge is -2.25. The molecule has 0 aromatic heterocycles. The Morgan fingerprint density at radius 1 is 1.00 bits per heavy atom. The number of hydrogen-bond acceptors (Lipinski definition) is 6. The molecular formula is C26H21NO6. The topological polar surface area (TPSA) is 85.3 Å². The Labute approximate surface area is 190 Å². The molecule has 1 saturated heterocycles. The van der Waals surface area contributed by atoms with Crippen LogP contribution in [0.2, 0.25) is 0 Å². The van der Waals surface area contributed by atoms with Crippen molar-refractivity contribution in [3.8, 4) is 17.2 Å². The van der Waals surface area contributed by atoms with Gasteiger partial charge in [0, 0.05) is 11.8 Å². The highest BCUT2D eigenvalue weighted by Crippen LogP contribution is 2.45. The van der Waals surface area contributed by atoms with Crippen LogP contribution >= 0.6 is 0 Å². The molecule has 1 atom stereocenters. The summed E-state index contributed by atoms with van der Waals surface area (Å²) in [5.74, 6) is -0.346. The van der Waals surface area contributed by atoms with Crippen LogP contribution in [0.15, 0.2) is 72.3 Å². The molecule has 1 amide bonds. The molecule has 7 nitrogen and oxygen atoms in total. The van der Waals surface area contributed by atoms with Gasteiger partial charge in [0.05, 0.1) is 24.3 Å². The van der Waals surface area contributed by atoms with Crippen LogP contribution in [-0.4, -0.2) is 30.7 Å². The molecule has 1 N–H and O–H groups in total. The van der Waals surface area contributed by atoms with Crippen LogP contribution in [0.1, 0.15) is 22.7 Å². The van der Waals surface area contributed by atoms with Gasteiger partial charge in [-0.25, -0.2) is 0 Å². The van der Waals surface area contributed by atoms with E-state index < -0.39 is 17.7 Å². The smallest absolute Gasteiger partial charge is 0.300 e. The summed E-state index contributed by atoms with van der Waals surface area (Å²) >= 11 is 0. The molecule has 166 valence electrons. The minimum absolute atomic E-state index is 0.00670. The molecule has 0 saturated carbocycles. The van der Waals surface area contributed by atoms with Crippen LogP contribution < -0.4 is 19.1 Å². The second-order valence-corrected chi connectivity index (χ2v) is 7.82. The van der Waals surface area contributed by atoms with Gasteiger partial charge in [0.25, 0.3) is 11.7 Å². The SMILES string of the molecule is COc1ccc(C)cc1/C(O)=C1\C(=O)C(=O)N(c2ccc3c(c2)OCO3)C1c1ccccc1. The first-order valence-electron chi connectivity index (χ1n) is 10.4. The fourth-order valence-corrected chi connectivity index (χ4v) is 4.24. The fourth-order valence-electron chi connectivity index (χ4n) is 4.24. The van der Waals surface area contributed by atoms with E-state index in [1.54, 1.807) is 30.3 Å². The van der Waals surface area contributed by atoms with Gasteiger partial charge in [0.1, 0.15) is 11.5 Å². The predicted molar refractivity (Wildman–Crippen MR) is 122 cm³/mol. The lowest BCUT2D eigenvalue weighted by molar-refractivity contribution is -0.132. The molecule has 33 heavy (non-hydrogen) atoms. The molecular weight excluding hydrogens is 422 g/mol. The number of ketones is 1. The molecule has 0 radical (unpaired) electrons. The maximum atomic E-state index is 13.3. The standard InChI is InChI=1S/C26H21NO6/c1-15-8-10-19(31-2)18(12-15)24(28)22-23(16-6-4-3-5-7-16)27(26(30)25(22)29)17-9-11-20-21(13-17)33-14-32-20/h3-13,23,28H,14H2,1-2H3/b24-22+. The zero-order valence-corrected chi connectivity index (χ0v) is 18.1. The van der Waals surface area contributed by atoms with Gasteiger partial charge >= 0.3 is 0 Å². The van der Waals surface area contributed by atoms with E-state index in [2.05, 4.69) is 0 Å². The van der Waals surface area contributed by atoms with Crippen molar-refractivity contribution in [2.24, 2.45) is 0 Å². The van der Waals surface area contributed by atoms with Gasteiger partial charge in [-0.2, -0.15) is 0 Å². The lowest BCUT2D eigenvalue weighted by Crippen LogP contribution is -2.29. The predicted octanol–water partition coefficient (Wildman–Crippen LogP) is 4.36. The summed E-state index contributed by atoms with van der Waals surface area (Å²) in [6.07, 6.45) is 0. The van der Waals surface area contributed by atoms with E-state index in [9.17, 15) is 14.7 Å². The largest absolute Gasteiger partial charge is 0.507 e. The highest BCUT2D eigenvalue weighted by atomic mass is 16.7. The average Bonchev–Trinajstić information content (AvgIpc) is 3.41. The van der Waals surface area contributed by atoms with Crippen LogP contribution in [-0.2, 0) is 9.59 Å². The van der Waals surface area contributed by atoms with Gasteiger partial charge in [0.15, 0.2) is 11.5 Å². The molecule has 3 aromatic carbocycles. The Hall–Kier alpha value is -4.26. The minimum atomic E-state index is -0.836. The molecule has 0 aliphatic carbocycles. The monoisotopic (exact) mass is 443 g/mol. The number of methoxy groups -OCH3 is 1. The molecule has 2 heterocycles. The third-order valence-corrected chi connectivity index (χ3v) is 5.80. The quantitative estimate of drug-likeness (QED) is 0.366. The summed E-state index contributed by atoms with van der Waals surface area (Å²) < 4.78 is 16.3. The molecule has 2 aliphatic heterocycles. The number of benzene rings is 3. The van der Waals surface area contributed by atoms with Gasteiger partial charge < -0.3 is 19.3 Å². The first kappa shape index (κ1) is 20.6. The summed E-state index contributed by atoms with van der Waals surface area (Å²) in [5.41, 5.74) is 2.36. The Morgan fingerprint density at radius 2 is 1.76 bits per heavy atom. The van der Waals surface area contributed by atoms with E-state index in [0.29, 0.717) is 34.1 Å². The number of rotatable bonds is 4. The van der Waals surface area contributed by atoms with Crippen LogP contribution in [0.25, 0.3) is 5.76 Å². The van der Waals surface area contributed by atoms with E-state index in [1.165, 1.54) is 12.0 Å². The number of amides is 1. The highest BCUT2D eigenvalue weighted by Gasteiger charge is 2.47. The van der Waals surface area contributed by atoms with Crippen molar-refractivity contribution in [3.63, 3.8) is 0 Å². The maximum Gasteiger partial charge on any atom is 0.300 e. The zero-order chi connectivity index (χ0) is 23.1. The summed E-state index contributed by atoms with van der Waals surface area (Å²) in [4.78, 5) is 28.0. The molecule has 1 fully saturated rings. The number of carbonyl (C=O) groups excluding carboxylic acids is 2. The van der Waals surface area contributed by atoms with Crippen LogP contribution in [0.3, 0.4) is 0 Å². The van der Waals surface area contributed by atoms with Gasteiger partial charge in [0.2, 0.25) is 6.79 Å². The third-order valence-electron chi connectivity index (χ3n) is 5.80. The van der Waals surface area contributed by atoms with E-state index in [1.807, 2.05) is 43.3 Å². The summed E-state index contributed by atoms with van der Waals surface area (Å²) in [6.45, 7) is 1.96. The van der Waals surface area contributed by atoms with Crippen molar-refractivity contribution in [1.82, 2.24) is 0 Å². The molecule has 7 heteroatoms. The summed E-state index contributed by atoms with van der Waals surface area (Å²) in [5, 5.41) is 11.4. The molecule has 5 rings (SSSR count). The van der Waals surface area contributed by atoms with E-state index >= 15 is 0 Å². The Bertz CT molecular complexity index is 1300. The normalized spacial score (nSPS) is 18.6. The van der Waals surface area contributed by atoms with Crippen molar-refractivity contribution in [2.45, 2.75) is 13.0 Å². The number of aryl methyl sites for hydroxylation is 1. The van der Waals surface area contributed by atoms with E-state index in [4.69, 9.17) is 14.2 Å². The Balaban J connectivity index is 1.73. The maximum absolute atomic E-state index is 13.3. The number of Topliss-reactive ketones (excluding diaryl/α,β-unsaturated/α-hetero) is 1. The van der Waals surface area contributed by atoms with Gasteiger partial charge in [-0.3, -0.25) is 14.5 Å². The summed E-state index contributed by atoms with van der Waals surface area (Å²) in [7, 11) is 1.49. The average molecular weight is 443 g/mol. The minimum Gasteiger partial charge on any atom is -0.507 e. The number of fused-ring (bicyclic) bond motifs is 1. The van der Waals surface area contributed by atoms with Crippen molar-refractivity contribution >= 4 is 23.1 Å². The van der Waals surface area contributed by atoms with Gasteiger partial charge in [-0.15, -0.1) is 0 Å². The second kappa shape index (κ2) is 8.02. The molecule has 1 unspecified atom stereocenters. The zero-order valence-electron chi connectivity index (χ0n) is 18.1. The number of aliphatic hydroxyl groups excluding tert-OH is 1. The number of ether oxygens (including phenoxy) is 3. The van der Waals surface area contributed by atoms with Crippen LogP contribution in [0.5, 0.6) is 17.2 Å². The Kier molecular flexibility index (Phi) is 5.01. The number of hydrogen-bond donors (Lipinski definition) is 1. The Morgan fingerprint density at radius 3 is 2.52 bits per heavy atom. The number of nitrogens with zero attached hydrogens (tertiary/aromatic N) is 1. The van der Waals surface area contributed by atoms with E-state index in [0.717, 1.165) is 5.56 Å². The number of anilines is 1. The second-order valence-electron chi connectivity index (χ2n) is 7.82. The third kappa shape index (κ3) is 3.38. The fraction of sp³-hybridized carbons (Fsp3) is 0.154.